The second-order valence-corrected chi connectivity index (χ2v) is 4.64. The molecule has 0 aliphatic heterocycles. The second kappa shape index (κ2) is 5.64. The van der Waals surface area contributed by atoms with Gasteiger partial charge in [-0.2, -0.15) is 0 Å². The van der Waals surface area contributed by atoms with E-state index in [1.807, 2.05) is 0 Å². The number of hydrogen-bond acceptors (Lipinski definition) is 1. The third kappa shape index (κ3) is 3.30. The normalized spacial score (nSPS) is 31.6. The van der Waals surface area contributed by atoms with Crippen LogP contribution in [0.3, 0.4) is 0 Å². The van der Waals surface area contributed by atoms with Crippen molar-refractivity contribution in [1.82, 2.24) is 0 Å². The van der Waals surface area contributed by atoms with E-state index in [0.717, 1.165) is 18.3 Å². The highest BCUT2D eigenvalue weighted by molar-refractivity contribution is 4.78. The largest absolute Gasteiger partial charge is 0.327 e. The molecule has 2 N–H and O–H groups in total. The van der Waals surface area contributed by atoms with Crippen LogP contribution in [0.1, 0.15) is 58.8 Å². The molecule has 0 radical (unpaired) electrons. The van der Waals surface area contributed by atoms with Gasteiger partial charge in [-0.3, -0.25) is 0 Å². The topological polar surface area (TPSA) is 26.0 Å². The molecular weight excluding hydrogens is 158 g/mol. The predicted octanol–water partition coefficient (Wildman–Crippen LogP) is 3.33. The highest BCUT2D eigenvalue weighted by Gasteiger charge is 2.23. The van der Waals surface area contributed by atoms with E-state index in [2.05, 4.69) is 13.8 Å². The molecule has 0 amide bonds. The molecule has 0 heterocycles. The summed E-state index contributed by atoms with van der Waals surface area (Å²) in [4.78, 5) is 0. The molecule has 1 nitrogen and oxygen atoms in total. The van der Waals surface area contributed by atoms with Gasteiger partial charge in [0.05, 0.1) is 0 Å². The fraction of sp³-hybridized carbons (Fsp3) is 1.00. The average molecular weight is 183 g/mol. The molecule has 1 atom stereocenters. The first-order chi connectivity index (χ1) is 6.27. The Morgan fingerprint density at radius 2 is 1.77 bits per heavy atom. The van der Waals surface area contributed by atoms with Crippen molar-refractivity contribution in [1.29, 1.82) is 0 Å². The predicted molar refractivity (Wildman–Crippen MR) is 58.6 cm³/mol. The average Bonchev–Trinajstić information content (AvgIpc) is 2.18. The van der Waals surface area contributed by atoms with Crippen molar-refractivity contribution < 1.29 is 0 Å². The zero-order valence-electron chi connectivity index (χ0n) is 9.26. The van der Waals surface area contributed by atoms with Crippen molar-refractivity contribution in [3.63, 3.8) is 0 Å². The zero-order chi connectivity index (χ0) is 9.68. The van der Waals surface area contributed by atoms with Gasteiger partial charge in [-0.1, -0.05) is 39.5 Å². The molecule has 1 heteroatoms. The van der Waals surface area contributed by atoms with Gasteiger partial charge < -0.3 is 5.73 Å². The molecule has 1 rings (SSSR count). The first-order valence-corrected chi connectivity index (χ1v) is 6.03. The first kappa shape index (κ1) is 11.0. The molecular formula is C12H25N. The van der Waals surface area contributed by atoms with Gasteiger partial charge in [0.2, 0.25) is 0 Å². The third-order valence-electron chi connectivity index (χ3n) is 3.67. The van der Waals surface area contributed by atoms with E-state index in [9.17, 15) is 0 Å². The van der Waals surface area contributed by atoms with Crippen molar-refractivity contribution in [2.75, 3.05) is 0 Å². The Hall–Kier alpha value is -0.0400. The molecule has 1 aliphatic rings. The lowest BCUT2D eigenvalue weighted by Crippen LogP contribution is -2.32. The molecule has 0 bridgehead atoms. The van der Waals surface area contributed by atoms with E-state index in [1.54, 1.807) is 0 Å². The van der Waals surface area contributed by atoms with Gasteiger partial charge in [0.15, 0.2) is 0 Å². The smallest absolute Gasteiger partial charge is 0.00645 e. The molecule has 0 aromatic carbocycles. The van der Waals surface area contributed by atoms with Crippen LogP contribution >= 0.6 is 0 Å². The number of nitrogens with two attached hydrogens (primary N) is 1. The lowest BCUT2D eigenvalue weighted by atomic mass is 9.77. The minimum absolute atomic E-state index is 0.475. The van der Waals surface area contributed by atoms with Crippen LogP contribution in [0.15, 0.2) is 0 Å². The van der Waals surface area contributed by atoms with Crippen molar-refractivity contribution >= 4 is 0 Å². The van der Waals surface area contributed by atoms with Gasteiger partial charge in [0.1, 0.15) is 0 Å². The zero-order valence-corrected chi connectivity index (χ0v) is 9.26. The summed E-state index contributed by atoms with van der Waals surface area (Å²) in [5.74, 6) is 1.85. The van der Waals surface area contributed by atoms with Gasteiger partial charge in [0, 0.05) is 6.04 Å². The maximum absolute atomic E-state index is 6.07. The van der Waals surface area contributed by atoms with Crippen LogP contribution < -0.4 is 5.73 Å². The van der Waals surface area contributed by atoms with Crippen molar-refractivity contribution in [2.24, 2.45) is 17.6 Å². The van der Waals surface area contributed by atoms with Crippen LogP contribution in [0.2, 0.25) is 0 Å². The van der Waals surface area contributed by atoms with E-state index in [-0.39, 0.29) is 0 Å². The van der Waals surface area contributed by atoms with Crippen LogP contribution in [-0.4, -0.2) is 6.04 Å². The van der Waals surface area contributed by atoms with Crippen LogP contribution in [0.4, 0.5) is 0 Å². The highest BCUT2D eigenvalue weighted by Crippen LogP contribution is 2.33. The molecule has 1 fully saturated rings. The van der Waals surface area contributed by atoms with Gasteiger partial charge in [-0.15, -0.1) is 0 Å². The minimum atomic E-state index is 0.475. The molecule has 0 unspecified atom stereocenters. The third-order valence-corrected chi connectivity index (χ3v) is 3.67. The fourth-order valence-electron chi connectivity index (χ4n) is 2.65. The maximum atomic E-state index is 6.07. The summed E-state index contributed by atoms with van der Waals surface area (Å²) in [6.07, 6.45) is 9.60. The minimum Gasteiger partial charge on any atom is -0.327 e. The first-order valence-electron chi connectivity index (χ1n) is 6.03. The molecule has 0 aromatic rings. The highest BCUT2D eigenvalue weighted by atomic mass is 14.6. The SMILES string of the molecule is CCCC1CCC([C@H](N)CC)CC1. The van der Waals surface area contributed by atoms with Crippen molar-refractivity contribution in [3.05, 3.63) is 0 Å². The quantitative estimate of drug-likeness (QED) is 0.711. The Labute approximate surface area is 83.1 Å². The Bertz CT molecular complexity index is 125. The van der Waals surface area contributed by atoms with Crippen LogP contribution in [-0.2, 0) is 0 Å². The maximum Gasteiger partial charge on any atom is 0.00645 e. The summed E-state index contributed by atoms with van der Waals surface area (Å²) in [5.41, 5.74) is 6.07. The number of hydrogen-bond donors (Lipinski definition) is 1. The lowest BCUT2D eigenvalue weighted by molar-refractivity contribution is 0.231. The Morgan fingerprint density at radius 3 is 2.23 bits per heavy atom. The van der Waals surface area contributed by atoms with Gasteiger partial charge in [-0.05, 0) is 31.1 Å². The summed E-state index contributed by atoms with van der Waals surface area (Å²) in [5, 5.41) is 0. The summed E-state index contributed by atoms with van der Waals surface area (Å²) in [6, 6.07) is 0.475. The molecule has 13 heavy (non-hydrogen) atoms. The van der Waals surface area contributed by atoms with Gasteiger partial charge in [-0.25, -0.2) is 0 Å². The second-order valence-electron chi connectivity index (χ2n) is 4.64. The lowest BCUT2D eigenvalue weighted by Gasteiger charge is -2.31. The summed E-state index contributed by atoms with van der Waals surface area (Å²) < 4.78 is 0. The summed E-state index contributed by atoms with van der Waals surface area (Å²) >= 11 is 0. The van der Waals surface area contributed by atoms with Gasteiger partial charge >= 0.3 is 0 Å². The van der Waals surface area contributed by atoms with E-state index in [4.69, 9.17) is 5.73 Å². The summed E-state index contributed by atoms with van der Waals surface area (Å²) in [6.45, 7) is 4.51. The van der Waals surface area contributed by atoms with Crippen LogP contribution in [0.5, 0.6) is 0 Å². The van der Waals surface area contributed by atoms with E-state index in [1.165, 1.54) is 38.5 Å². The van der Waals surface area contributed by atoms with E-state index >= 15 is 0 Å². The van der Waals surface area contributed by atoms with Gasteiger partial charge in [0.25, 0.3) is 0 Å². The molecule has 78 valence electrons. The van der Waals surface area contributed by atoms with Crippen molar-refractivity contribution in [2.45, 2.75) is 64.8 Å². The van der Waals surface area contributed by atoms with E-state index < -0.39 is 0 Å². The van der Waals surface area contributed by atoms with Crippen LogP contribution in [0, 0.1) is 11.8 Å². The number of rotatable bonds is 4. The monoisotopic (exact) mass is 183 g/mol. The standard InChI is InChI=1S/C12H25N/c1-3-5-10-6-8-11(9-7-10)12(13)4-2/h10-12H,3-9,13H2,1-2H3/t10?,11?,12-/m1/s1. The summed E-state index contributed by atoms with van der Waals surface area (Å²) in [7, 11) is 0. The fourth-order valence-corrected chi connectivity index (χ4v) is 2.65. The van der Waals surface area contributed by atoms with Crippen molar-refractivity contribution in [3.8, 4) is 0 Å². The molecule has 0 spiro atoms. The van der Waals surface area contributed by atoms with E-state index in [0.29, 0.717) is 6.04 Å². The Morgan fingerprint density at radius 1 is 1.15 bits per heavy atom. The molecule has 0 aromatic heterocycles. The van der Waals surface area contributed by atoms with Crippen LogP contribution in [0.25, 0.3) is 0 Å². The molecule has 1 aliphatic carbocycles. The molecule has 1 saturated carbocycles. The Balaban J connectivity index is 2.22. The Kier molecular flexibility index (Phi) is 4.79. The molecule has 0 saturated heterocycles.